The van der Waals surface area contributed by atoms with Crippen molar-refractivity contribution in [2.75, 3.05) is 18.2 Å². The maximum Gasteiger partial charge on any atom is 0.234 e. The summed E-state index contributed by atoms with van der Waals surface area (Å²) in [5.74, 6) is 1.31. The molecule has 1 N–H and O–H groups in total. The number of hydrogen-bond donors (Lipinski definition) is 1. The first-order chi connectivity index (χ1) is 15.6. The predicted octanol–water partition coefficient (Wildman–Crippen LogP) is 4.69. The molecule has 0 aliphatic heterocycles. The molecule has 0 unspecified atom stereocenters. The van der Waals surface area contributed by atoms with Gasteiger partial charge in [-0.05, 0) is 55.3 Å². The fraction of sp³-hybridized carbons (Fsp3) is 0.167. The van der Waals surface area contributed by atoms with E-state index in [4.69, 9.17) is 4.74 Å². The minimum atomic E-state index is -0.155. The zero-order chi connectivity index (χ0) is 22.5. The van der Waals surface area contributed by atoms with Crippen LogP contribution in [0, 0.1) is 13.8 Å². The van der Waals surface area contributed by atoms with Gasteiger partial charge in [0.15, 0.2) is 11.0 Å². The number of aryl methyl sites for hydroxylation is 1. The lowest BCUT2D eigenvalue weighted by Crippen LogP contribution is -2.15. The van der Waals surface area contributed by atoms with Crippen LogP contribution in [-0.2, 0) is 4.79 Å². The summed E-state index contributed by atoms with van der Waals surface area (Å²) in [6.45, 7) is 4.14. The number of anilines is 1. The number of carbonyl (C=O) groups excluding carboxylic acids is 1. The van der Waals surface area contributed by atoms with Crippen molar-refractivity contribution in [1.29, 1.82) is 0 Å². The number of ether oxygens (including phenoxy) is 1. The highest BCUT2D eigenvalue weighted by molar-refractivity contribution is 7.99. The van der Waals surface area contributed by atoms with Crippen LogP contribution in [0.1, 0.15) is 11.1 Å². The zero-order valence-electron chi connectivity index (χ0n) is 18.1. The number of carbonyl (C=O) groups is 1. The van der Waals surface area contributed by atoms with Gasteiger partial charge in [0.1, 0.15) is 5.75 Å². The summed E-state index contributed by atoms with van der Waals surface area (Å²) >= 11 is 1.33. The summed E-state index contributed by atoms with van der Waals surface area (Å²) in [5.41, 5.74) is 4.75. The van der Waals surface area contributed by atoms with Gasteiger partial charge in [0.2, 0.25) is 5.91 Å². The molecule has 4 rings (SSSR count). The van der Waals surface area contributed by atoms with Crippen LogP contribution in [0.5, 0.6) is 5.75 Å². The van der Waals surface area contributed by atoms with E-state index in [2.05, 4.69) is 40.4 Å². The fourth-order valence-electron chi connectivity index (χ4n) is 3.30. The van der Waals surface area contributed by atoms with Crippen LogP contribution in [0.2, 0.25) is 0 Å². The Morgan fingerprint density at radius 2 is 1.91 bits per heavy atom. The Morgan fingerprint density at radius 3 is 2.69 bits per heavy atom. The SMILES string of the molecule is COc1ccccc1NC(=O)CSc1nnc(-c2cccnc2)n1-c1cccc(C)c1C. The Labute approximate surface area is 190 Å². The average Bonchev–Trinajstić information content (AvgIpc) is 3.24. The largest absolute Gasteiger partial charge is 0.495 e. The summed E-state index contributed by atoms with van der Waals surface area (Å²) in [6, 6.07) is 17.2. The molecule has 0 atom stereocenters. The van der Waals surface area contributed by atoms with E-state index in [1.54, 1.807) is 31.6 Å². The molecule has 4 aromatic rings. The van der Waals surface area contributed by atoms with Gasteiger partial charge >= 0.3 is 0 Å². The lowest BCUT2D eigenvalue weighted by molar-refractivity contribution is -0.113. The second-order valence-corrected chi connectivity index (χ2v) is 8.08. The highest BCUT2D eigenvalue weighted by atomic mass is 32.2. The van der Waals surface area contributed by atoms with Crippen molar-refractivity contribution in [3.05, 3.63) is 78.1 Å². The number of amides is 1. The molecule has 32 heavy (non-hydrogen) atoms. The van der Waals surface area contributed by atoms with Crippen LogP contribution in [0.4, 0.5) is 5.69 Å². The number of methoxy groups -OCH3 is 1. The average molecular weight is 446 g/mol. The number of pyridine rings is 1. The van der Waals surface area contributed by atoms with Crippen molar-refractivity contribution in [3.63, 3.8) is 0 Å². The third kappa shape index (κ3) is 4.50. The van der Waals surface area contributed by atoms with Gasteiger partial charge in [0.25, 0.3) is 0 Å². The first-order valence-electron chi connectivity index (χ1n) is 10.1. The molecule has 0 radical (unpaired) electrons. The van der Waals surface area contributed by atoms with Crippen LogP contribution >= 0.6 is 11.8 Å². The molecule has 1 amide bonds. The summed E-state index contributed by atoms with van der Waals surface area (Å²) in [5, 5.41) is 12.3. The molecule has 2 aromatic carbocycles. The molecule has 0 saturated heterocycles. The predicted molar refractivity (Wildman–Crippen MR) is 126 cm³/mol. The molecule has 0 aliphatic carbocycles. The van der Waals surface area contributed by atoms with Crippen molar-refractivity contribution in [1.82, 2.24) is 19.7 Å². The maximum absolute atomic E-state index is 12.6. The second-order valence-electron chi connectivity index (χ2n) is 7.14. The number of thioether (sulfide) groups is 1. The van der Waals surface area contributed by atoms with Gasteiger partial charge in [-0.2, -0.15) is 0 Å². The Morgan fingerprint density at radius 1 is 1.06 bits per heavy atom. The van der Waals surface area contributed by atoms with Crippen molar-refractivity contribution >= 4 is 23.4 Å². The first-order valence-corrected chi connectivity index (χ1v) is 11.0. The molecule has 162 valence electrons. The number of para-hydroxylation sites is 2. The second kappa shape index (κ2) is 9.65. The molecule has 0 fully saturated rings. The molecular formula is C24H23N5O2S. The smallest absolute Gasteiger partial charge is 0.234 e. The zero-order valence-corrected chi connectivity index (χ0v) is 18.9. The van der Waals surface area contributed by atoms with Gasteiger partial charge in [-0.25, -0.2) is 0 Å². The molecule has 0 bridgehead atoms. The number of rotatable bonds is 7. The molecule has 8 heteroatoms. The monoisotopic (exact) mass is 445 g/mol. The number of aromatic nitrogens is 4. The molecule has 7 nitrogen and oxygen atoms in total. The van der Waals surface area contributed by atoms with E-state index in [9.17, 15) is 4.79 Å². The van der Waals surface area contributed by atoms with Gasteiger partial charge in [0, 0.05) is 18.0 Å². The van der Waals surface area contributed by atoms with Crippen molar-refractivity contribution in [3.8, 4) is 22.8 Å². The third-order valence-electron chi connectivity index (χ3n) is 5.08. The number of benzene rings is 2. The van der Waals surface area contributed by atoms with E-state index in [0.717, 1.165) is 16.8 Å². The van der Waals surface area contributed by atoms with E-state index < -0.39 is 0 Å². The van der Waals surface area contributed by atoms with Gasteiger partial charge in [0.05, 0.1) is 24.2 Å². The van der Waals surface area contributed by atoms with E-state index in [0.29, 0.717) is 22.4 Å². The van der Waals surface area contributed by atoms with E-state index >= 15 is 0 Å². The van der Waals surface area contributed by atoms with Gasteiger partial charge in [-0.1, -0.05) is 36.0 Å². The number of hydrogen-bond acceptors (Lipinski definition) is 6. The Bertz CT molecular complexity index is 1240. The molecule has 0 aliphatic rings. The first kappa shape index (κ1) is 21.6. The van der Waals surface area contributed by atoms with Crippen molar-refractivity contribution in [2.24, 2.45) is 0 Å². The summed E-state index contributed by atoms with van der Waals surface area (Å²) in [4.78, 5) is 16.9. The van der Waals surface area contributed by atoms with Gasteiger partial charge in [-0.3, -0.25) is 14.3 Å². The quantitative estimate of drug-likeness (QED) is 0.416. The fourth-order valence-corrected chi connectivity index (χ4v) is 4.05. The molecule has 2 aromatic heterocycles. The lowest BCUT2D eigenvalue weighted by Gasteiger charge is -2.14. The van der Waals surface area contributed by atoms with Crippen LogP contribution in [0.25, 0.3) is 17.1 Å². The third-order valence-corrected chi connectivity index (χ3v) is 6.01. The highest BCUT2D eigenvalue weighted by Gasteiger charge is 2.19. The van der Waals surface area contributed by atoms with E-state index in [1.807, 2.05) is 41.0 Å². The van der Waals surface area contributed by atoms with E-state index in [1.165, 1.54) is 17.3 Å². The Kier molecular flexibility index (Phi) is 6.51. The summed E-state index contributed by atoms with van der Waals surface area (Å²) in [7, 11) is 1.58. The summed E-state index contributed by atoms with van der Waals surface area (Å²) in [6.07, 6.45) is 3.48. The van der Waals surface area contributed by atoms with Crippen LogP contribution in [-0.4, -0.2) is 38.5 Å². The maximum atomic E-state index is 12.6. The summed E-state index contributed by atoms with van der Waals surface area (Å²) < 4.78 is 7.30. The Hall–Kier alpha value is -3.65. The number of nitrogens with zero attached hydrogens (tertiary/aromatic N) is 4. The van der Waals surface area contributed by atoms with Crippen LogP contribution < -0.4 is 10.1 Å². The van der Waals surface area contributed by atoms with E-state index in [-0.39, 0.29) is 11.7 Å². The molecular weight excluding hydrogens is 422 g/mol. The normalized spacial score (nSPS) is 10.7. The van der Waals surface area contributed by atoms with Crippen molar-refractivity contribution < 1.29 is 9.53 Å². The van der Waals surface area contributed by atoms with Crippen LogP contribution in [0.3, 0.4) is 0 Å². The molecule has 0 spiro atoms. The van der Waals surface area contributed by atoms with Gasteiger partial charge in [-0.15, -0.1) is 10.2 Å². The highest BCUT2D eigenvalue weighted by Crippen LogP contribution is 2.30. The topological polar surface area (TPSA) is 81.9 Å². The minimum Gasteiger partial charge on any atom is -0.495 e. The lowest BCUT2D eigenvalue weighted by atomic mass is 10.1. The molecule has 2 heterocycles. The minimum absolute atomic E-state index is 0.155. The molecule has 0 saturated carbocycles. The Balaban J connectivity index is 1.64. The van der Waals surface area contributed by atoms with Crippen LogP contribution in [0.15, 0.2) is 72.1 Å². The van der Waals surface area contributed by atoms with Crippen molar-refractivity contribution in [2.45, 2.75) is 19.0 Å². The van der Waals surface area contributed by atoms with Gasteiger partial charge < -0.3 is 10.1 Å². The number of nitrogens with one attached hydrogen (secondary N) is 1. The standard InChI is InChI=1S/C24H23N5O2S/c1-16-8-6-11-20(17(16)2)29-23(18-9-7-13-25-14-18)27-28-24(29)32-15-22(30)26-19-10-4-5-12-21(19)31-3/h4-14H,15H2,1-3H3,(H,26,30).